The summed E-state index contributed by atoms with van der Waals surface area (Å²) < 4.78 is 5.76. The molecule has 0 radical (unpaired) electrons. The third-order valence-corrected chi connectivity index (χ3v) is 3.01. The Kier molecular flexibility index (Phi) is 4.99. The van der Waals surface area contributed by atoms with Crippen molar-refractivity contribution in [1.82, 2.24) is 0 Å². The number of hydrogen-bond acceptors (Lipinski definition) is 2. The highest BCUT2D eigenvalue weighted by atomic mass is 16.5. The molecule has 1 N–H and O–H groups in total. The van der Waals surface area contributed by atoms with Crippen molar-refractivity contribution in [3.05, 3.63) is 54.1 Å². The van der Waals surface area contributed by atoms with Crippen LogP contribution in [-0.2, 0) is 11.2 Å². The molecular weight excluding hydrogens is 264 g/mol. The zero-order chi connectivity index (χ0) is 15.2. The van der Waals surface area contributed by atoms with Gasteiger partial charge in [-0.3, -0.25) is 4.79 Å². The maximum absolute atomic E-state index is 11.0. The molecule has 21 heavy (non-hydrogen) atoms. The summed E-state index contributed by atoms with van der Waals surface area (Å²) >= 11 is 0. The molecular formula is C18H20O3. The molecule has 2 aromatic carbocycles. The third-order valence-electron chi connectivity index (χ3n) is 3.01. The van der Waals surface area contributed by atoms with Gasteiger partial charge in [-0.1, -0.05) is 50.2 Å². The Bertz CT molecular complexity index is 603. The largest absolute Gasteiger partial charge is 0.493 e. The number of carbonyl (C=O) groups is 1. The number of carboxylic acids is 1. The molecule has 3 nitrogen and oxygen atoms in total. The Balaban J connectivity index is 2.34. The summed E-state index contributed by atoms with van der Waals surface area (Å²) in [6, 6.07) is 15.6. The van der Waals surface area contributed by atoms with E-state index in [2.05, 4.69) is 13.8 Å². The fourth-order valence-corrected chi connectivity index (χ4v) is 2.08. The van der Waals surface area contributed by atoms with Crippen LogP contribution in [0.1, 0.15) is 19.4 Å². The topological polar surface area (TPSA) is 46.5 Å². The van der Waals surface area contributed by atoms with Crippen molar-refractivity contribution in [1.29, 1.82) is 0 Å². The minimum Gasteiger partial charge on any atom is -0.493 e. The van der Waals surface area contributed by atoms with Gasteiger partial charge in [0.05, 0.1) is 13.0 Å². The number of carboxylic acid groups (broad SMARTS) is 1. The molecule has 2 aromatic rings. The molecule has 110 valence electrons. The monoisotopic (exact) mass is 284 g/mol. The van der Waals surface area contributed by atoms with Crippen molar-refractivity contribution in [2.24, 2.45) is 5.92 Å². The predicted octanol–water partition coefficient (Wildman–Crippen LogP) is 4.02. The predicted molar refractivity (Wildman–Crippen MR) is 83.6 cm³/mol. The van der Waals surface area contributed by atoms with Crippen molar-refractivity contribution < 1.29 is 14.6 Å². The van der Waals surface area contributed by atoms with Crippen molar-refractivity contribution in [3.8, 4) is 16.9 Å². The van der Waals surface area contributed by atoms with E-state index in [9.17, 15) is 4.79 Å². The molecule has 0 aliphatic rings. The quantitative estimate of drug-likeness (QED) is 0.871. The molecule has 0 aliphatic heterocycles. The number of aliphatic carboxylic acids is 1. The average Bonchev–Trinajstić information content (AvgIpc) is 2.45. The second-order valence-corrected chi connectivity index (χ2v) is 5.51. The van der Waals surface area contributed by atoms with Crippen molar-refractivity contribution in [2.75, 3.05) is 6.61 Å². The highest BCUT2D eigenvalue weighted by Crippen LogP contribution is 2.26. The van der Waals surface area contributed by atoms with Crippen LogP contribution in [-0.4, -0.2) is 17.7 Å². The van der Waals surface area contributed by atoms with Gasteiger partial charge in [0.2, 0.25) is 0 Å². The molecule has 0 aromatic heterocycles. The summed E-state index contributed by atoms with van der Waals surface area (Å²) in [4.78, 5) is 11.0. The maximum atomic E-state index is 11.0. The van der Waals surface area contributed by atoms with E-state index < -0.39 is 5.97 Å². The van der Waals surface area contributed by atoms with Crippen molar-refractivity contribution >= 4 is 5.97 Å². The Morgan fingerprint density at radius 3 is 2.43 bits per heavy atom. The Labute approximate surface area is 125 Å². The smallest absolute Gasteiger partial charge is 0.307 e. The van der Waals surface area contributed by atoms with Gasteiger partial charge < -0.3 is 9.84 Å². The highest BCUT2D eigenvalue weighted by Gasteiger charge is 2.08. The lowest BCUT2D eigenvalue weighted by Crippen LogP contribution is -2.06. The van der Waals surface area contributed by atoms with Gasteiger partial charge in [-0.15, -0.1) is 0 Å². The Hall–Kier alpha value is -2.29. The van der Waals surface area contributed by atoms with Crippen LogP contribution in [0.15, 0.2) is 48.5 Å². The summed E-state index contributed by atoms with van der Waals surface area (Å²) in [5.41, 5.74) is 2.79. The van der Waals surface area contributed by atoms with Crippen LogP contribution in [0.4, 0.5) is 0 Å². The minimum atomic E-state index is -0.838. The summed E-state index contributed by atoms with van der Waals surface area (Å²) in [5.74, 6) is 0.310. The van der Waals surface area contributed by atoms with Crippen LogP contribution in [0.5, 0.6) is 5.75 Å². The maximum Gasteiger partial charge on any atom is 0.307 e. The third kappa shape index (κ3) is 4.63. The van der Waals surface area contributed by atoms with Gasteiger partial charge in [0.25, 0.3) is 0 Å². The first-order valence-electron chi connectivity index (χ1n) is 7.08. The van der Waals surface area contributed by atoms with Gasteiger partial charge in [-0.05, 0) is 34.7 Å². The molecule has 0 bridgehead atoms. The van der Waals surface area contributed by atoms with Crippen LogP contribution in [0.2, 0.25) is 0 Å². The second kappa shape index (κ2) is 6.93. The zero-order valence-corrected chi connectivity index (χ0v) is 12.4. The first-order valence-corrected chi connectivity index (χ1v) is 7.08. The molecule has 0 aliphatic carbocycles. The summed E-state index contributed by atoms with van der Waals surface area (Å²) in [6.07, 6.45) is -0.00128. The SMILES string of the molecule is CC(C)COc1cc(CC(=O)O)cc(-c2ccccc2)c1. The summed E-state index contributed by atoms with van der Waals surface area (Å²) in [7, 11) is 0. The number of rotatable bonds is 6. The lowest BCUT2D eigenvalue weighted by molar-refractivity contribution is -0.136. The van der Waals surface area contributed by atoms with E-state index >= 15 is 0 Å². The molecule has 0 amide bonds. The molecule has 0 unspecified atom stereocenters. The normalized spacial score (nSPS) is 10.6. The van der Waals surface area contributed by atoms with Crippen LogP contribution in [0.3, 0.4) is 0 Å². The van der Waals surface area contributed by atoms with E-state index in [-0.39, 0.29) is 6.42 Å². The molecule has 2 rings (SSSR count). The van der Waals surface area contributed by atoms with Gasteiger partial charge in [0, 0.05) is 0 Å². The number of hydrogen-bond donors (Lipinski definition) is 1. The van der Waals surface area contributed by atoms with Crippen LogP contribution < -0.4 is 4.74 Å². The molecule has 0 atom stereocenters. The highest BCUT2D eigenvalue weighted by molar-refractivity contribution is 5.73. The summed E-state index contributed by atoms with van der Waals surface area (Å²) in [6.45, 7) is 4.78. The molecule has 3 heteroatoms. The first kappa shape index (κ1) is 15.1. The summed E-state index contributed by atoms with van der Waals surface area (Å²) in [5, 5.41) is 9.00. The van der Waals surface area contributed by atoms with Crippen LogP contribution in [0, 0.1) is 5.92 Å². The molecule has 0 saturated carbocycles. The van der Waals surface area contributed by atoms with Gasteiger partial charge >= 0.3 is 5.97 Å². The van der Waals surface area contributed by atoms with Crippen LogP contribution in [0.25, 0.3) is 11.1 Å². The average molecular weight is 284 g/mol. The van der Waals surface area contributed by atoms with E-state index in [1.54, 1.807) is 0 Å². The molecule has 0 fully saturated rings. The molecule has 0 heterocycles. The van der Waals surface area contributed by atoms with E-state index in [1.165, 1.54) is 0 Å². The van der Waals surface area contributed by atoms with Crippen molar-refractivity contribution in [2.45, 2.75) is 20.3 Å². The fraction of sp³-hybridized carbons (Fsp3) is 0.278. The Morgan fingerprint density at radius 1 is 1.10 bits per heavy atom. The second-order valence-electron chi connectivity index (χ2n) is 5.51. The fourth-order valence-electron chi connectivity index (χ4n) is 2.08. The minimum absolute atomic E-state index is 0.00128. The van der Waals surface area contributed by atoms with Crippen LogP contribution >= 0.6 is 0 Å². The van der Waals surface area contributed by atoms with Crippen molar-refractivity contribution in [3.63, 3.8) is 0 Å². The lowest BCUT2D eigenvalue weighted by atomic mass is 10.0. The van der Waals surface area contributed by atoms with E-state index in [4.69, 9.17) is 9.84 Å². The Morgan fingerprint density at radius 2 is 1.81 bits per heavy atom. The standard InChI is InChI=1S/C18H20O3/c1-13(2)12-21-17-9-14(10-18(19)20)8-16(11-17)15-6-4-3-5-7-15/h3-9,11,13H,10,12H2,1-2H3,(H,19,20). The number of ether oxygens (including phenoxy) is 1. The van der Waals surface area contributed by atoms with Gasteiger partial charge in [-0.25, -0.2) is 0 Å². The number of benzene rings is 2. The lowest BCUT2D eigenvalue weighted by Gasteiger charge is -2.12. The van der Waals surface area contributed by atoms with Gasteiger partial charge in [-0.2, -0.15) is 0 Å². The van der Waals surface area contributed by atoms with E-state index in [0.717, 1.165) is 22.4 Å². The zero-order valence-electron chi connectivity index (χ0n) is 12.4. The van der Waals surface area contributed by atoms with Gasteiger partial charge in [0.1, 0.15) is 5.75 Å². The molecule has 0 spiro atoms. The molecule has 0 saturated heterocycles. The van der Waals surface area contributed by atoms with E-state index in [1.807, 2.05) is 48.5 Å². The first-order chi connectivity index (χ1) is 10.0. The van der Waals surface area contributed by atoms with Gasteiger partial charge in [0.15, 0.2) is 0 Å². The van der Waals surface area contributed by atoms with E-state index in [0.29, 0.717) is 12.5 Å².